The molecule has 0 aliphatic carbocycles. The molecule has 2 N–H and O–H groups in total. The Morgan fingerprint density at radius 3 is 2.95 bits per heavy atom. The first-order chi connectivity index (χ1) is 9.53. The van der Waals surface area contributed by atoms with Crippen LogP contribution in [0.2, 0.25) is 0 Å². The number of thioether (sulfide) groups is 1. The number of nitrogens with one attached hydrogen (secondary N) is 2. The molecular weight excluding hydrogens is 380 g/mol. The summed E-state index contributed by atoms with van der Waals surface area (Å²) in [6.07, 6.45) is 1.10. The highest BCUT2D eigenvalue weighted by Gasteiger charge is 2.23. The highest BCUT2D eigenvalue weighted by molar-refractivity contribution is 9.11. The summed E-state index contributed by atoms with van der Waals surface area (Å²) in [6.45, 7) is 4.14. The van der Waals surface area contributed by atoms with E-state index in [2.05, 4.69) is 26.0 Å². The fourth-order valence-corrected chi connectivity index (χ4v) is 7.02. The average Bonchev–Trinajstić information content (AvgIpc) is 3.03. The van der Waals surface area contributed by atoms with E-state index < -0.39 is 10.0 Å². The van der Waals surface area contributed by atoms with Crippen LogP contribution in [0.5, 0.6) is 0 Å². The smallest absolute Gasteiger partial charge is 0.242 e. The summed E-state index contributed by atoms with van der Waals surface area (Å²) >= 11 is 6.73. The Kier molecular flexibility index (Phi) is 6.37. The van der Waals surface area contributed by atoms with E-state index in [1.54, 1.807) is 6.07 Å². The Hall–Kier alpha value is 0.400. The summed E-state index contributed by atoms with van der Waals surface area (Å²) < 4.78 is 28.1. The minimum atomic E-state index is -3.41. The normalized spacial score (nSPS) is 19.6. The van der Waals surface area contributed by atoms with E-state index in [4.69, 9.17) is 0 Å². The molecule has 2 rings (SSSR count). The molecule has 0 amide bonds. The van der Waals surface area contributed by atoms with Crippen LogP contribution >= 0.6 is 39.0 Å². The summed E-state index contributed by atoms with van der Waals surface area (Å²) in [5.74, 6) is 2.66. The van der Waals surface area contributed by atoms with E-state index in [0.29, 0.717) is 27.7 Å². The first kappa shape index (κ1) is 16.8. The number of sulfonamides is 1. The molecule has 1 aliphatic rings. The van der Waals surface area contributed by atoms with E-state index in [0.717, 1.165) is 29.3 Å². The number of thiophene rings is 1. The molecule has 1 aromatic heterocycles. The zero-order valence-corrected chi connectivity index (χ0v) is 15.4. The molecule has 0 spiro atoms. The predicted molar refractivity (Wildman–Crippen MR) is 90.0 cm³/mol. The zero-order chi connectivity index (χ0) is 14.6. The zero-order valence-electron chi connectivity index (χ0n) is 11.3. The Balaban J connectivity index is 2.02. The van der Waals surface area contributed by atoms with Crippen molar-refractivity contribution in [1.29, 1.82) is 0 Å². The van der Waals surface area contributed by atoms with Crippen molar-refractivity contribution in [3.63, 3.8) is 0 Å². The largest absolute Gasteiger partial charge is 0.312 e. The van der Waals surface area contributed by atoms with Gasteiger partial charge < -0.3 is 5.32 Å². The number of rotatable bonds is 7. The van der Waals surface area contributed by atoms with Gasteiger partial charge in [-0.05, 0) is 52.4 Å². The van der Waals surface area contributed by atoms with Crippen LogP contribution in [0.4, 0.5) is 0 Å². The summed E-state index contributed by atoms with van der Waals surface area (Å²) in [6, 6.07) is 1.75. The maximum absolute atomic E-state index is 12.3. The van der Waals surface area contributed by atoms with E-state index in [-0.39, 0.29) is 0 Å². The van der Waals surface area contributed by atoms with Crippen LogP contribution in [0.3, 0.4) is 0 Å². The molecule has 0 aromatic carbocycles. The number of hydrogen-bond acceptors (Lipinski definition) is 5. The molecule has 114 valence electrons. The third-order valence-electron chi connectivity index (χ3n) is 3.13. The van der Waals surface area contributed by atoms with E-state index >= 15 is 0 Å². The van der Waals surface area contributed by atoms with E-state index in [9.17, 15) is 8.42 Å². The number of halogens is 1. The third-order valence-corrected chi connectivity index (χ3v) is 8.04. The average molecular weight is 399 g/mol. The quantitative estimate of drug-likeness (QED) is 0.740. The minimum Gasteiger partial charge on any atom is -0.312 e. The first-order valence-electron chi connectivity index (χ1n) is 6.59. The van der Waals surface area contributed by atoms with Gasteiger partial charge in [-0.2, -0.15) is 11.8 Å². The van der Waals surface area contributed by atoms with E-state index in [1.165, 1.54) is 11.3 Å². The minimum absolute atomic E-state index is 0.362. The van der Waals surface area contributed by atoms with Crippen LogP contribution in [-0.2, 0) is 16.6 Å². The second-order valence-corrected chi connectivity index (χ2v) is 10.1. The van der Waals surface area contributed by atoms with Gasteiger partial charge in [0, 0.05) is 18.0 Å². The van der Waals surface area contributed by atoms with Gasteiger partial charge in [0.1, 0.15) is 4.90 Å². The fraction of sp³-hybridized carbons (Fsp3) is 0.667. The van der Waals surface area contributed by atoms with Crippen LogP contribution in [0, 0.1) is 5.92 Å². The summed E-state index contributed by atoms with van der Waals surface area (Å²) in [4.78, 5) is 1.39. The van der Waals surface area contributed by atoms with Gasteiger partial charge in [-0.15, -0.1) is 11.3 Å². The number of hydrogen-bond donors (Lipinski definition) is 2. The molecule has 0 saturated carbocycles. The van der Waals surface area contributed by atoms with Crippen molar-refractivity contribution in [3.8, 4) is 0 Å². The monoisotopic (exact) mass is 398 g/mol. The molecule has 2 heterocycles. The maximum atomic E-state index is 12.3. The van der Waals surface area contributed by atoms with Gasteiger partial charge in [-0.1, -0.05) is 6.92 Å². The van der Waals surface area contributed by atoms with Gasteiger partial charge in [-0.3, -0.25) is 0 Å². The first-order valence-corrected chi connectivity index (χ1v) is 10.8. The lowest BCUT2D eigenvalue weighted by Crippen LogP contribution is -2.29. The summed E-state index contributed by atoms with van der Waals surface area (Å²) in [5.41, 5.74) is 0. The van der Waals surface area contributed by atoms with Gasteiger partial charge >= 0.3 is 0 Å². The maximum Gasteiger partial charge on any atom is 0.242 e. The molecular formula is C12H19BrN2O2S3. The van der Waals surface area contributed by atoms with Gasteiger partial charge in [0.25, 0.3) is 0 Å². The summed E-state index contributed by atoms with van der Waals surface area (Å²) in [7, 11) is -3.41. The lowest BCUT2D eigenvalue weighted by atomic mass is 10.1. The van der Waals surface area contributed by atoms with Crippen molar-refractivity contribution < 1.29 is 8.42 Å². The van der Waals surface area contributed by atoms with Gasteiger partial charge in [0.15, 0.2) is 0 Å². The van der Waals surface area contributed by atoms with Crippen molar-refractivity contribution in [3.05, 3.63) is 14.7 Å². The van der Waals surface area contributed by atoms with Crippen LogP contribution in [-0.4, -0.2) is 33.0 Å². The Morgan fingerprint density at radius 1 is 1.50 bits per heavy atom. The van der Waals surface area contributed by atoms with Crippen molar-refractivity contribution in [2.45, 2.75) is 24.8 Å². The van der Waals surface area contributed by atoms with Crippen LogP contribution in [0.25, 0.3) is 0 Å². The topological polar surface area (TPSA) is 58.2 Å². The molecule has 0 bridgehead atoms. The van der Waals surface area contributed by atoms with Crippen LogP contribution in [0.1, 0.15) is 18.2 Å². The second-order valence-electron chi connectivity index (χ2n) is 4.71. The molecule has 8 heteroatoms. The standard InChI is InChI=1S/C12H19BrN2O2S3/c1-2-14-7-10-5-11(12(13)19-10)20(16,17)15-6-9-3-4-18-8-9/h5,9,14-15H,2-4,6-8H2,1H3. The second kappa shape index (κ2) is 7.60. The molecule has 4 nitrogen and oxygen atoms in total. The lowest BCUT2D eigenvalue weighted by Gasteiger charge is -2.10. The predicted octanol–water partition coefficient (Wildman–Crippen LogP) is 2.65. The van der Waals surface area contributed by atoms with Gasteiger partial charge in [0.05, 0.1) is 3.79 Å². The molecule has 0 radical (unpaired) electrons. The molecule has 1 atom stereocenters. The Labute approximate surface area is 137 Å². The van der Waals surface area contributed by atoms with Gasteiger partial charge in [0.2, 0.25) is 10.0 Å². The third kappa shape index (κ3) is 4.45. The molecule has 1 fully saturated rings. The van der Waals surface area contributed by atoms with Crippen molar-refractivity contribution in [2.24, 2.45) is 5.92 Å². The fourth-order valence-electron chi connectivity index (χ4n) is 1.97. The SMILES string of the molecule is CCNCc1cc(S(=O)(=O)NCC2CCSC2)c(Br)s1. The molecule has 1 aliphatic heterocycles. The van der Waals surface area contributed by atoms with Crippen molar-refractivity contribution >= 4 is 49.1 Å². The van der Waals surface area contributed by atoms with Crippen molar-refractivity contribution in [2.75, 3.05) is 24.6 Å². The molecule has 1 saturated heterocycles. The van der Waals surface area contributed by atoms with E-state index in [1.807, 2.05) is 18.7 Å². The molecule has 20 heavy (non-hydrogen) atoms. The highest BCUT2D eigenvalue weighted by Crippen LogP contribution is 2.32. The highest BCUT2D eigenvalue weighted by atomic mass is 79.9. The summed E-state index contributed by atoms with van der Waals surface area (Å²) in [5, 5.41) is 3.20. The van der Waals surface area contributed by atoms with Crippen molar-refractivity contribution in [1.82, 2.24) is 10.0 Å². The lowest BCUT2D eigenvalue weighted by molar-refractivity contribution is 0.545. The van der Waals surface area contributed by atoms with Gasteiger partial charge in [-0.25, -0.2) is 13.1 Å². The Bertz CT molecular complexity index is 539. The van der Waals surface area contributed by atoms with Crippen LogP contribution < -0.4 is 10.0 Å². The molecule has 1 aromatic rings. The van der Waals surface area contributed by atoms with Crippen LogP contribution in [0.15, 0.2) is 14.7 Å². The Morgan fingerprint density at radius 2 is 2.30 bits per heavy atom. The molecule has 1 unspecified atom stereocenters.